The third-order valence-electron chi connectivity index (χ3n) is 6.55. The summed E-state index contributed by atoms with van der Waals surface area (Å²) in [6.45, 7) is 9.59. The van der Waals surface area contributed by atoms with E-state index >= 15 is 0 Å². The van der Waals surface area contributed by atoms with Crippen LogP contribution in [0.25, 0.3) is 10.9 Å². The highest BCUT2D eigenvalue weighted by Crippen LogP contribution is 2.37. The Morgan fingerprint density at radius 3 is 2.60 bits per heavy atom. The van der Waals surface area contributed by atoms with E-state index in [1.54, 1.807) is 10.7 Å². The number of aromatic amines is 1. The number of hydrogen-bond donors (Lipinski definition) is 1. The number of carbonyl (C=O) groups is 1. The number of esters is 1. The summed E-state index contributed by atoms with van der Waals surface area (Å²) in [4.78, 5) is 30.9. The van der Waals surface area contributed by atoms with E-state index in [0.717, 1.165) is 5.39 Å². The Labute approximate surface area is 202 Å². The summed E-state index contributed by atoms with van der Waals surface area (Å²) in [5, 5.41) is 13.4. The number of nitrogens with zero attached hydrogens (tertiary/aromatic N) is 5. The summed E-state index contributed by atoms with van der Waals surface area (Å²) >= 11 is 0. The van der Waals surface area contributed by atoms with Crippen molar-refractivity contribution in [2.75, 3.05) is 26.5 Å². The summed E-state index contributed by atoms with van der Waals surface area (Å²) in [6.07, 6.45) is 1.27. The van der Waals surface area contributed by atoms with E-state index < -0.39 is 11.6 Å². The van der Waals surface area contributed by atoms with E-state index in [-0.39, 0.29) is 24.2 Å². The van der Waals surface area contributed by atoms with Crippen LogP contribution in [0.3, 0.4) is 0 Å². The molecule has 1 N–H and O–H groups in total. The number of piperidine rings is 1. The quantitative estimate of drug-likeness (QED) is 0.546. The molecule has 1 atom stereocenters. The Hall–Kier alpha value is -3.47. The van der Waals surface area contributed by atoms with E-state index in [1.165, 1.54) is 0 Å². The summed E-state index contributed by atoms with van der Waals surface area (Å²) in [6, 6.07) is 5.03. The number of nitrogens with one attached hydrogen (secondary N) is 1. The topological polar surface area (TPSA) is 124 Å². The van der Waals surface area contributed by atoms with E-state index in [1.807, 2.05) is 39.8 Å². The minimum Gasteiger partial charge on any atom is -0.466 e. The molecule has 11 nitrogen and oxygen atoms in total. The maximum Gasteiger partial charge on any atom is 0.309 e. The van der Waals surface area contributed by atoms with Gasteiger partial charge in [-0.15, -0.1) is 5.10 Å². The smallest absolute Gasteiger partial charge is 0.309 e. The van der Waals surface area contributed by atoms with E-state index in [4.69, 9.17) is 14.2 Å². The van der Waals surface area contributed by atoms with Crippen molar-refractivity contribution in [3.05, 3.63) is 39.9 Å². The number of carbonyl (C=O) groups excluding carboxylic acids is 1. The predicted molar refractivity (Wildman–Crippen MR) is 126 cm³/mol. The summed E-state index contributed by atoms with van der Waals surface area (Å²) < 4.78 is 18.0. The molecule has 2 aliphatic heterocycles. The second-order valence-corrected chi connectivity index (χ2v) is 9.93. The van der Waals surface area contributed by atoms with Gasteiger partial charge in [-0.1, -0.05) is 0 Å². The van der Waals surface area contributed by atoms with Gasteiger partial charge in [-0.25, -0.2) is 4.68 Å². The van der Waals surface area contributed by atoms with Crippen molar-refractivity contribution < 1.29 is 19.0 Å². The highest BCUT2D eigenvalue weighted by molar-refractivity contribution is 5.83. The van der Waals surface area contributed by atoms with Gasteiger partial charge in [0.25, 0.3) is 5.56 Å². The first-order valence-corrected chi connectivity index (χ1v) is 11.9. The third-order valence-corrected chi connectivity index (χ3v) is 6.55. The standard InChI is InChI=1S/C24H30N6O5/c1-5-33-23(32)14-6-8-29(9-7-14)20(21-26-27-28-30(21)24(2,3)4)16-10-15-11-18-19(35-13-34-18)12-17(15)25-22(16)31/h10-12,14,20H,5-9,13H2,1-4H3,(H,25,31)/t20-/m1/s1. The number of fused-ring (bicyclic) bond motifs is 2. The zero-order valence-corrected chi connectivity index (χ0v) is 20.4. The molecule has 1 fully saturated rings. The Morgan fingerprint density at radius 2 is 1.91 bits per heavy atom. The number of ether oxygens (including phenoxy) is 3. The molecular formula is C24H30N6O5. The normalized spacial score (nSPS) is 17.6. The summed E-state index contributed by atoms with van der Waals surface area (Å²) in [5.41, 5.74) is 0.581. The van der Waals surface area contributed by atoms with Gasteiger partial charge in [-0.05, 0) is 63.1 Å². The zero-order chi connectivity index (χ0) is 24.7. The van der Waals surface area contributed by atoms with Crippen molar-refractivity contribution in [2.24, 2.45) is 5.92 Å². The number of hydrogen-bond acceptors (Lipinski definition) is 9. The lowest BCUT2D eigenvalue weighted by molar-refractivity contribution is -0.149. The molecule has 4 heterocycles. The molecule has 0 amide bonds. The lowest BCUT2D eigenvalue weighted by Crippen LogP contribution is -2.43. The SMILES string of the molecule is CCOC(=O)C1CCN([C@H](c2cc3cc4c(cc3[nH]c2=O)OCO4)c2nnnn2C(C)(C)C)CC1. The summed E-state index contributed by atoms with van der Waals surface area (Å²) in [7, 11) is 0. The minimum atomic E-state index is -0.494. The molecule has 2 aliphatic rings. The van der Waals surface area contributed by atoms with Gasteiger partial charge >= 0.3 is 5.97 Å². The fraction of sp³-hybridized carbons (Fsp3) is 0.542. The van der Waals surface area contributed by atoms with Gasteiger partial charge in [-0.2, -0.15) is 0 Å². The van der Waals surface area contributed by atoms with Gasteiger partial charge in [0.05, 0.1) is 23.6 Å². The molecule has 0 saturated carbocycles. The van der Waals surface area contributed by atoms with Crippen molar-refractivity contribution in [2.45, 2.75) is 52.1 Å². The molecule has 1 aromatic carbocycles. The molecular weight excluding hydrogens is 452 g/mol. The van der Waals surface area contributed by atoms with Crippen LogP contribution in [0.15, 0.2) is 23.0 Å². The number of aromatic nitrogens is 5. The van der Waals surface area contributed by atoms with Crippen LogP contribution in [-0.2, 0) is 15.1 Å². The van der Waals surface area contributed by atoms with E-state index in [2.05, 4.69) is 25.4 Å². The first-order valence-electron chi connectivity index (χ1n) is 11.9. The first-order chi connectivity index (χ1) is 16.8. The lowest BCUT2D eigenvalue weighted by atomic mass is 9.93. The zero-order valence-electron chi connectivity index (χ0n) is 20.4. The molecule has 0 unspecified atom stereocenters. The van der Waals surface area contributed by atoms with Gasteiger partial charge in [0.15, 0.2) is 17.3 Å². The minimum absolute atomic E-state index is 0.153. The van der Waals surface area contributed by atoms with Crippen molar-refractivity contribution >= 4 is 16.9 Å². The molecule has 0 spiro atoms. The van der Waals surface area contributed by atoms with Gasteiger partial charge < -0.3 is 19.2 Å². The lowest BCUT2D eigenvalue weighted by Gasteiger charge is -2.37. The van der Waals surface area contributed by atoms with Crippen LogP contribution in [0.4, 0.5) is 0 Å². The number of H-pyrrole nitrogens is 1. The number of benzene rings is 1. The van der Waals surface area contributed by atoms with Crippen LogP contribution in [0.2, 0.25) is 0 Å². The Balaban J connectivity index is 1.57. The highest BCUT2D eigenvalue weighted by Gasteiger charge is 2.36. The van der Waals surface area contributed by atoms with E-state index in [0.29, 0.717) is 60.9 Å². The van der Waals surface area contributed by atoms with Crippen molar-refractivity contribution in [1.29, 1.82) is 0 Å². The number of tetrazole rings is 1. The maximum absolute atomic E-state index is 13.4. The van der Waals surface area contributed by atoms with Gasteiger partial charge in [0, 0.05) is 30.1 Å². The molecule has 3 aromatic rings. The number of pyridine rings is 1. The van der Waals surface area contributed by atoms with Crippen molar-refractivity contribution in [3.8, 4) is 11.5 Å². The van der Waals surface area contributed by atoms with Crippen molar-refractivity contribution in [1.82, 2.24) is 30.1 Å². The molecule has 1 saturated heterocycles. The van der Waals surface area contributed by atoms with Crippen LogP contribution in [0.5, 0.6) is 11.5 Å². The Bertz CT molecular complexity index is 1300. The summed E-state index contributed by atoms with van der Waals surface area (Å²) in [5.74, 6) is 1.51. The average Bonchev–Trinajstić information content (AvgIpc) is 3.48. The first kappa shape index (κ1) is 23.3. The third kappa shape index (κ3) is 4.36. The van der Waals surface area contributed by atoms with Crippen LogP contribution < -0.4 is 15.0 Å². The molecule has 2 aromatic heterocycles. The molecule has 186 valence electrons. The molecule has 5 rings (SSSR count). The number of likely N-dealkylation sites (tertiary alicyclic amines) is 1. The largest absolute Gasteiger partial charge is 0.466 e. The Morgan fingerprint density at radius 1 is 1.20 bits per heavy atom. The van der Waals surface area contributed by atoms with Crippen LogP contribution >= 0.6 is 0 Å². The second-order valence-electron chi connectivity index (χ2n) is 9.93. The van der Waals surface area contributed by atoms with Gasteiger partial charge in [0.2, 0.25) is 6.79 Å². The van der Waals surface area contributed by atoms with Crippen molar-refractivity contribution in [3.63, 3.8) is 0 Å². The molecule has 11 heteroatoms. The molecule has 0 radical (unpaired) electrons. The molecule has 0 bridgehead atoms. The van der Waals surface area contributed by atoms with Crippen LogP contribution in [-0.4, -0.2) is 62.5 Å². The monoisotopic (exact) mass is 482 g/mol. The van der Waals surface area contributed by atoms with Crippen LogP contribution in [0, 0.1) is 5.92 Å². The highest BCUT2D eigenvalue weighted by atomic mass is 16.7. The maximum atomic E-state index is 13.4. The fourth-order valence-corrected chi connectivity index (χ4v) is 4.81. The second kappa shape index (κ2) is 8.95. The van der Waals surface area contributed by atoms with Gasteiger partial charge in [-0.3, -0.25) is 14.5 Å². The molecule has 35 heavy (non-hydrogen) atoms. The molecule has 0 aliphatic carbocycles. The average molecular weight is 483 g/mol. The van der Waals surface area contributed by atoms with Gasteiger partial charge in [0.1, 0.15) is 6.04 Å². The predicted octanol–water partition coefficient (Wildman–Crippen LogP) is 2.36. The Kier molecular flexibility index (Phi) is 5.96. The number of rotatable bonds is 5. The fourth-order valence-electron chi connectivity index (χ4n) is 4.81. The van der Waals surface area contributed by atoms with Crippen LogP contribution in [0.1, 0.15) is 58.0 Å². The van der Waals surface area contributed by atoms with E-state index in [9.17, 15) is 9.59 Å².